The minimum atomic E-state index is -0.405. The van der Waals surface area contributed by atoms with Crippen LogP contribution in [0.1, 0.15) is 11.6 Å². The number of carbonyl (C=O) groups is 1. The molecule has 5 heteroatoms. The van der Waals surface area contributed by atoms with Crippen molar-refractivity contribution in [3.63, 3.8) is 0 Å². The predicted octanol–water partition coefficient (Wildman–Crippen LogP) is 2.79. The monoisotopic (exact) mass is 337 g/mol. The van der Waals surface area contributed by atoms with Crippen LogP contribution in [0.5, 0.6) is 0 Å². The van der Waals surface area contributed by atoms with Gasteiger partial charge in [-0.3, -0.25) is 0 Å². The van der Waals surface area contributed by atoms with Crippen LogP contribution in [0.15, 0.2) is 40.9 Å². The molecule has 0 aliphatic carbocycles. The summed E-state index contributed by atoms with van der Waals surface area (Å²) in [6.45, 7) is 0.180. The average Bonchev–Trinajstić information content (AvgIpc) is 2.47. The predicted molar refractivity (Wildman–Crippen MR) is 81.4 cm³/mol. The van der Waals surface area contributed by atoms with E-state index in [1.165, 1.54) is 7.11 Å². The van der Waals surface area contributed by atoms with E-state index in [2.05, 4.69) is 20.7 Å². The molecule has 0 amide bonds. The van der Waals surface area contributed by atoms with Gasteiger partial charge >= 0.3 is 5.97 Å². The van der Waals surface area contributed by atoms with Crippen LogP contribution in [-0.4, -0.2) is 26.3 Å². The quantitative estimate of drug-likeness (QED) is 0.852. The zero-order chi connectivity index (χ0) is 14.5. The van der Waals surface area contributed by atoms with Crippen LogP contribution in [0.4, 0.5) is 0 Å². The molecule has 0 aromatic heterocycles. The zero-order valence-corrected chi connectivity index (χ0v) is 12.7. The molecule has 0 aliphatic rings. The molecule has 0 spiro atoms. The van der Waals surface area contributed by atoms with E-state index >= 15 is 0 Å². The van der Waals surface area contributed by atoms with E-state index in [1.54, 1.807) is 0 Å². The van der Waals surface area contributed by atoms with Gasteiger partial charge in [-0.1, -0.05) is 46.3 Å². The summed E-state index contributed by atoms with van der Waals surface area (Å²) in [7, 11) is 1.33. The second-order valence-corrected chi connectivity index (χ2v) is 5.23. The van der Waals surface area contributed by atoms with E-state index < -0.39 is 5.97 Å². The number of hydrogen-bond donors (Lipinski definition) is 1. The number of methoxy groups -OCH3 is 1. The molecule has 2 aromatic rings. The van der Waals surface area contributed by atoms with Crippen LogP contribution in [-0.2, 0) is 14.3 Å². The minimum absolute atomic E-state index is 0.0847. The summed E-state index contributed by atoms with van der Waals surface area (Å²) in [5, 5.41) is 2.18. The van der Waals surface area contributed by atoms with E-state index in [1.807, 2.05) is 36.4 Å². The summed E-state index contributed by atoms with van der Waals surface area (Å²) < 4.78 is 10.8. The molecule has 0 saturated heterocycles. The van der Waals surface area contributed by atoms with Crippen LogP contribution >= 0.6 is 15.9 Å². The molecule has 0 saturated carbocycles. The lowest BCUT2D eigenvalue weighted by atomic mass is 10.00. The Morgan fingerprint density at radius 3 is 2.65 bits per heavy atom. The molecule has 1 unspecified atom stereocenters. The van der Waals surface area contributed by atoms with Crippen LogP contribution in [0.25, 0.3) is 10.8 Å². The number of esters is 1. The van der Waals surface area contributed by atoms with Crippen molar-refractivity contribution in [3.05, 3.63) is 46.4 Å². The highest BCUT2D eigenvalue weighted by Gasteiger charge is 2.12. The van der Waals surface area contributed by atoms with Crippen molar-refractivity contribution >= 4 is 32.7 Å². The fourth-order valence-electron chi connectivity index (χ4n) is 2.03. The smallest absolute Gasteiger partial charge is 0.331 e. The third-order valence-electron chi connectivity index (χ3n) is 3.05. The van der Waals surface area contributed by atoms with Gasteiger partial charge in [0.1, 0.15) is 6.61 Å². The van der Waals surface area contributed by atoms with Crippen molar-refractivity contribution in [2.45, 2.75) is 6.04 Å². The van der Waals surface area contributed by atoms with Gasteiger partial charge in [0, 0.05) is 4.47 Å². The van der Waals surface area contributed by atoms with Crippen molar-refractivity contribution in [1.29, 1.82) is 0 Å². The molecule has 0 fully saturated rings. The molecular formula is C15H16BrNO3. The SMILES string of the molecule is COC(=O)COCC(N)c1ccc(Br)c2ccccc12. The van der Waals surface area contributed by atoms with E-state index in [0.717, 1.165) is 20.8 Å². The molecule has 4 nitrogen and oxygen atoms in total. The van der Waals surface area contributed by atoms with E-state index in [0.29, 0.717) is 0 Å². The van der Waals surface area contributed by atoms with Gasteiger partial charge in [0.15, 0.2) is 0 Å². The maximum absolute atomic E-state index is 11.0. The number of halogens is 1. The van der Waals surface area contributed by atoms with Crippen molar-refractivity contribution in [2.24, 2.45) is 5.73 Å². The lowest BCUT2D eigenvalue weighted by molar-refractivity contribution is -0.146. The summed E-state index contributed by atoms with van der Waals surface area (Å²) in [4.78, 5) is 11.0. The van der Waals surface area contributed by atoms with Gasteiger partial charge in [-0.2, -0.15) is 0 Å². The number of carbonyl (C=O) groups excluding carboxylic acids is 1. The highest BCUT2D eigenvalue weighted by Crippen LogP contribution is 2.29. The van der Waals surface area contributed by atoms with Crippen molar-refractivity contribution in [2.75, 3.05) is 20.3 Å². The first-order valence-corrected chi connectivity index (χ1v) is 7.00. The minimum Gasteiger partial charge on any atom is -0.467 e. The van der Waals surface area contributed by atoms with E-state index in [-0.39, 0.29) is 19.3 Å². The van der Waals surface area contributed by atoms with Crippen molar-refractivity contribution < 1.29 is 14.3 Å². The summed E-state index contributed by atoms with van der Waals surface area (Å²) in [5.74, 6) is -0.405. The van der Waals surface area contributed by atoms with Crippen molar-refractivity contribution in [1.82, 2.24) is 0 Å². The molecule has 2 rings (SSSR count). The second-order valence-electron chi connectivity index (χ2n) is 4.38. The number of ether oxygens (including phenoxy) is 2. The van der Waals surface area contributed by atoms with Crippen LogP contribution in [0.3, 0.4) is 0 Å². The molecule has 2 N–H and O–H groups in total. The Morgan fingerprint density at radius 1 is 1.25 bits per heavy atom. The van der Waals surface area contributed by atoms with Crippen LogP contribution in [0.2, 0.25) is 0 Å². The number of fused-ring (bicyclic) bond motifs is 1. The standard InChI is InChI=1S/C15H16BrNO3/c1-19-15(18)9-20-8-14(17)12-6-7-13(16)11-5-3-2-4-10(11)12/h2-7,14H,8-9,17H2,1H3. The summed E-state index contributed by atoms with van der Waals surface area (Å²) in [6.07, 6.45) is 0. The van der Waals surface area contributed by atoms with Gasteiger partial charge in [0.2, 0.25) is 0 Å². The normalized spacial score (nSPS) is 12.3. The number of benzene rings is 2. The van der Waals surface area contributed by atoms with Gasteiger partial charge < -0.3 is 15.2 Å². The van der Waals surface area contributed by atoms with E-state index in [4.69, 9.17) is 10.5 Å². The Morgan fingerprint density at radius 2 is 1.95 bits per heavy atom. The lowest BCUT2D eigenvalue weighted by Gasteiger charge is -2.15. The molecule has 106 valence electrons. The first-order chi connectivity index (χ1) is 9.63. The van der Waals surface area contributed by atoms with Gasteiger partial charge in [0.25, 0.3) is 0 Å². The first-order valence-electron chi connectivity index (χ1n) is 6.20. The number of rotatable bonds is 5. The summed E-state index contributed by atoms with van der Waals surface area (Å²) in [6, 6.07) is 11.7. The average molecular weight is 338 g/mol. The summed E-state index contributed by atoms with van der Waals surface area (Å²) in [5.41, 5.74) is 7.14. The van der Waals surface area contributed by atoms with Crippen LogP contribution in [0, 0.1) is 0 Å². The van der Waals surface area contributed by atoms with Gasteiger partial charge in [-0.15, -0.1) is 0 Å². The molecular weight excluding hydrogens is 322 g/mol. The highest BCUT2D eigenvalue weighted by atomic mass is 79.9. The zero-order valence-electron chi connectivity index (χ0n) is 11.1. The topological polar surface area (TPSA) is 61.5 Å². The maximum atomic E-state index is 11.0. The Bertz CT molecular complexity index is 615. The number of hydrogen-bond acceptors (Lipinski definition) is 4. The largest absolute Gasteiger partial charge is 0.467 e. The third-order valence-corrected chi connectivity index (χ3v) is 3.74. The van der Waals surface area contributed by atoms with Crippen LogP contribution < -0.4 is 5.73 Å². The second kappa shape index (κ2) is 6.83. The summed E-state index contributed by atoms with van der Waals surface area (Å²) >= 11 is 3.53. The van der Waals surface area contributed by atoms with Gasteiger partial charge in [0.05, 0.1) is 19.8 Å². The highest BCUT2D eigenvalue weighted by molar-refractivity contribution is 9.10. The fraction of sp³-hybridized carbons (Fsp3) is 0.267. The molecule has 2 aromatic carbocycles. The Hall–Kier alpha value is -1.43. The Labute approximate surface area is 126 Å². The molecule has 0 heterocycles. The molecule has 0 aliphatic heterocycles. The van der Waals surface area contributed by atoms with Gasteiger partial charge in [-0.05, 0) is 22.4 Å². The lowest BCUT2D eigenvalue weighted by Crippen LogP contribution is -2.20. The van der Waals surface area contributed by atoms with Crippen molar-refractivity contribution in [3.8, 4) is 0 Å². The molecule has 0 radical (unpaired) electrons. The Balaban J connectivity index is 2.16. The first kappa shape index (κ1) is 15.0. The Kier molecular flexibility index (Phi) is 5.11. The molecule has 1 atom stereocenters. The van der Waals surface area contributed by atoms with Gasteiger partial charge in [-0.25, -0.2) is 4.79 Å². The number of nitrogens with two attached hydrogens (primary N) is 1. The molecule has 0 bridgehead atoms. The fourth-order valence-corrected chi connectivity index (χ4v) is 2.50. The third kappa shape index (κ3) is 3.36. The van der Waals surface area contributed by atoms with E-state index in [9.17, 15) is 4.79 Å². The maximum Gasteiger partial charge on any atom is 0.331 e. The molecule has 20 heavy (non-hydrogen) atoms.